The number of hydrogen-bond acceptors (Lipinski definition) is 2. The van der Waals surface area contributed by atoms with E-state index in [4.69, 9.17) is 0 Å². The van der Waals surface area contributed by atoms with E-state index in [0.717, 1.165) is 6.42 Å². The number of nitrogens with one attached hydrogen (secondary N) is 1. The van der Waals surface area contributed by atoms with Gasteiger partial charge in [-0.15, -0.1) is 0 Å². The van der Waals surface area contributed by atoms with Crippen molar-refractivity contribution in [1.29, 1.82) is 0 Å². The van der Waals surface area contributed by atoms with Crippen LogP contribution in [0.2, 0.25) is 0 Å². The smallest absolute Gasteiger partial charge is 0.253 e. The average molecular weight is 280 g/mol. The Bertz CT molecular complexity index is 637. The normalized spacial score (nSPS) is 15.1. The highest BCUT2D eigenvalue weighted by molar-refractivity contribution is 5.94. The first-order valence-corrected chi connectivity index (χ1v) is 7.56. The van der Waals surface area contributed by atoms with Gasteiger partial charge in [0.1, 0.15) is 0 Å². The number of nitrogens with zero attached hydrogens (tertiary/aromatic N) is 1. The van der Waals surface area contributed by atoms with Gasteiger partial charge in [0.25, 0.3) is 5.91 Å². The molecule has 1 N–H and O–H groups in total. The van der Waals surface area contributed by atoms with Crippen LogP contribution in [0.1, 0.15) is 52.9 Å². The first-order chi connectivity index (χ1) is 10.2. The van der Waals surface area contributed by atoms with E-state index in [0.29, 0.717) is 5.56 Å². The minimum atomic E-state index is -0.0756. The third-order valence-electron chi connectivity index (χ3n) is 4.14. The van der Waals surface area contributed by atoms with E-state index < -0.39 is 0 Å². The lowest BCUT2D eigenvalue weighted by atomic mass is 9.89. The van der Waals surface area contributed by atoms with Gasteiger partial charge in [0.05, 0.1) is 11.6 Å². The van der Waals surface area contributed by atoms with Crippen LogP contribution in [0.5, 0.6) is 0 Å². The molecule has 1 unspecified atom stereocenters. The number of carbonyl (C=O) groups is 1. The number of aromatic nitrogens is 1. The molecule has 1 aliphatic rings. The van der Waals surface area contributed by atoms with E-state index in [2.05, 4.69) is 28.5 Å². The monoisotopic (exact) mass is 280 g/mol. The highest BCUT2D eigenvalue weighted by Crippen LogP contribution is 2.24. The Hall–Kier alpha value is -2.16. The van der Waals surface area contributed by atoms with Gasteiger partial charge in [-0.3, -0.25) is 9.78 Å². The molecule has 0 radical (unpaired) electrons. The van der Waals surface area contributed by atoms with Gasteiger partial charge in [-0.25, -0.2) is 0 Å². The molecule has 0 bridgehead atoms. The van der Waals surface area contributed by atoms with Crippen molar-refractivity contribution in [2.45, 2.75) is 38.6 Å². The summed E-state index contributed by atoms with van der Waals surface area (Å²) >= 11 is 0. The number of fused-ring (bicyclic) bond motifs is 1. The van der Waals surface area contributed by atoms with E-state index in [-0.39, 0.29) is 11.9 Å². The maximum atomic E-state index is 12.2. The maximum Gasteiger partial charge on any atom is 0.253 e. The Morgan fingerprint density at radius 3 is 2.76 bits per heavy atom. The quantitative estimate of drug-likeness (QED) is 0.935. The van der Waals surface area contributed by atoms with E-state index in [1.807, 2.05) is 6.92 Å². The summed E-state index contributed by atoms with van der Waals surface area (Å²) < 4.78 is 0. The molecule has 0 saturated heterocycles. The van der Waals surface area contributed by atoms with Crippen LogP contribution >= 0.6 is 0 Å². The first kappa shape index (κ1) is 13.8. The summed E-state index contributed by atoms with van der Waals surface area (Å²) in [6, 6.07) is 10.2. The summed E-state index contributed by atoms with van der Waals surface area (Å²) in [5, 5.41) is 3.04. The van der Waals surface area contributed by atoms with Crippen molar-refractivity contribution in [2.75, 3.05) is 0 Å². The van der Waals surface area contributed by atoms with Crippen molar-refractivity contribution in [3.63, 3.8) is 0 Å². The Balaban J connectivity index is 1.73. The number of aryl methyl sites for hydroxylation is 2. The van der Waals surface area contributed by atoms with Gasteiger partial charge in [-0.2, -0.15) is 0 Å². The fourth-order valence-electron chi connectivity index (χ4n) is 2.88. The van der Waals surface area contributed by atoms with Gasteiger partial charge in [-0.1, -0.05) is 18.2 Å². The van der Waals surface area contributed by atoms with E-state index in [1.54, 1.807) is 24.5 Å². The van der Waals surface area contributed by atoms with Crippen LogP contribution in [-0.2, 0) is 12.8 Å². The van der Waals surface area contributed by atoms with Gasteiger partial charge >= 0.3 is 0 Å². The van der Waals surface area contributed by atoms with Crippen molar-refractivity contribution in [1.82, 2.24) is 10.3 Å². The van der Waals surface area contributed by atoms with Gasteiger partial charge < -0.3 is 5.32 Å². The summed E-state index contributed by atoms with van der Waals surface area (Å²) in [6.45, 7) is 2.03. The molecule has 1 aromatic heterocycles. The highest BCUT2D eigenvalue weighted by Gasteiger charge is 2.14. The standard InChI is InChI=1S/C18H20N2O/c1-13(20-18(21)17-7-4-10-19-12-17)15-9-8-14-5-2-3-6-16(14)11-15/h4,7-13H,2-3,5-6H2,1H3,(H,20,21). The largest absolute Gasteiger partial charge is 0.345 e. The Labute approximate surface area is 125 Å². The van der Waals surface area contributed by atoms with Gasteiger partial charge in [0.2, 0.25) is 0 Å². The maximum absolute atomic E-state index is 12.2. The van der Waals surface area contributed by atoms with E-state index >= 15 is 0 Å². The Morgan fingerprint density at radius 2 is 2.00 bits per heavy atom. The molecule has 0 saturated carbocycles. The van der Waals surface area contributed by atoms with Crippen molar-refractivity contribution in [3.8, 4) is 0 Å². The van der Waals surface area contributed by atoms with Crippen molar-refractivity contribution in [2.24, 2.45) is 0 Å². The van der Waals surface area contributed by atoms with Crippen LogP contribution in [0.25, 0.3) is 0 Å². The zero-order valence-corrected chi connectivity index (χ0v) is 12.3. The van der Waals surface area contributed by atoms with Crippen LogP contribution < -0.4 is 5.32 Å². The molecule has 0 spiro atoms. The zero-order valence-electron chi connectivity index (χ0n) is 12.3. The SMILES string of the molecule is CC(NC(=O)c1cccnc1)c1ccc2c(c1)CCCC2. The second-order valence-electron chi connectivity index (χ2n) is 5.67. The summed E-state index contributed by atoms with van der Waals surface area (Å²) in [7, 11) is 0. The third kappa shape index (κ3) is 3.13. The topological polar surface area (TPSA) is 42.0 Å². The number of hydrogen-bond donors (Lipinski definition) is 1. The van der Waals surface area contributed by atoms with Crippen LogP contribution in [0, 0.1) is 0 Å². The van der Waals surface area contributed by atoms with E-state index in [1.165, 1.54) is 36.0 Å². The fourth-order valence-corrected chi connectivity index (χ4v) is 2.88. The zero-order chi connectivity index (χ0) is 14.7. The molecule has 0 aliphatic heterocycles. The van der Waals surface area contributed by atoms with Crippen molar-refractivity contribution >= 4 is 5.91 Å². The minimum absolute atomic E-state index is 0.00457. The second-order valence-corrected chi connectivity index (χ2v) is 5.67. The van der Waals surface area contributed by atoms with Gasteiger partial charge in [0, 0.05) is 12.4 Å². The predicted octanol–water partition coefficient (Wildman–Crippen LogP) is 3.45. The number of pyridine rings is 1. The number of carbonyl (C=O) groups excluding carboxylic acids is 1. The molecule has 1 atom stereocenters. The van der Waals surface area contributed by atoms with Crippen molar-refractivity contribution in [3.05, 3.63) is 65.0 Å². The molecule has 108 valence electrons. The predicted molar refractivity (Wildman–Crippen MR) is 83.2 cm³/mol. The van der Waals surface area contributed by atoms with Crippen LogP contribution in [-0.4, -0.2) is 10.9 Å². The molecular formula is C18H20N2O. The summed E-state index contributed by atoms with van der Waals surface area (Å²) in [5.41, 5.74) is 4.69. The Kier molecular flexibility index (Phi) is 4.00. The van der Waals surface area contributed by atoms with Crippen LogP contribution in [0.4, 0.5) is 0 Å². The number of amides is 1. The fraction of sp³-hybridized carbons (Fsp3) is 0.333. The molecule has 1 aliphatic carbocycles. The lowest BCUT2D eigenvalue weighted by Crippen LogP contribution is -2.26. The summed E-state index contributed by atoms with van der Waals surface area (Å²) in [6.07, 6.45) is 8.17. The lowest BCUT2D eigenvalue weighted by molar-refractivity contribution is 0.0939. The summed E-state index contributed by atoms with van der Waals surface area (Å²) in [4.78, 5) is 16.1. The molecule has 3 heteroatoms. The molecule has 1 amide bonds. The Morgan fingerprint density at radius 1 is 1.19 bits per heavy atom. The van der Waals surface area contributed by atoms with Crippen LogP contribution in [0.15, 0.2) is 42.7 Å². The highest BCUT2D eigenvalue weighted by atomic mass is 16.1. The molecular weight excluding hydrogens is 260 g/mol. The molecule has 1 aromatic carbocycles. The third-order valence-corrected chi connectivity index (χ3v) is 4.14. The van der Waals surface area contributed by atoms with Crippen LogP contribution in [0.3, 0.4) is 0 Å². The van der Waals surface area contributed by atoms with Crippen molar-refractivity contribution < 1.29 is 4.79 Å². The molecule has 0 fully saturated rings. The lowest BCUT2D eigenvalue weighted by Gasteiger charge is -2.20. The number of benzene rings is 1. The molecule has 21 heavy (non-hydrogen) atoms. The number of rotatable bonds is 3. The summed E-state index contributed by atoms with van der Waals surface area (Å²) in [5.74, 6) is -0.0756. The van der Waals surface area contributed by atoms with E-state index in [9.17, 15) is 4.79 Å². The average Bonchev–Trinajstić information content (AvgIpc) is 2.55. The molecule has 1 heterocycles. The molecule has 2 aromatic rings. The second kappa shape index (κ2) is 6.08. The van der Waals surface area contributed by atoms with Gasteiger partial charge in [0.15, 0.2) is 0 Å². The minimum Gasteiger partial charge on any atom is -0.345 e. The first-order valence-electron chi connectivity index (χ1n) is 7.56. The van der Waals surface area contributed by atoms with Gasteiger partial charge in [-0.05, 0) is 61.4 Å². The molecule has 3 nitrogen and oxygen atoms in total. The molecule has 3 rings (SSSR count).